The van der Waals surface area contributed by atoms with Crippen molar-refractivity contribution in [2.75, 3.05) is 26.2 Å². The zero-order valence-corrected chi connectivity index (χ0v) is 14.0. The quantitative estimate of drug-likeness (QED) is 0.772. The average molecular weight is 338 g/mol. The summed E-state index contributed by atoms with van der Waals surface area (Å²) < 4.78 is 5.16. The molecule has 1 aliphatic carbocycles. The fraction of sp³-hybridized carbons (Fsp3) is 0.824. The van der Waals surface area contributed by atoms with Gasteiger partial charge in [0.1, 0.15) is 0 Å². The largest absolute Gasteiger partial charge is 0.479 e. The van der Waals surface area contributed by atoms with E-state index in [0.29, 0.717) is 13.1 Å². The van der Waals surface area contributed by atoms with Gasteiger partial charge in [-0.25, -0.2) is 4.79 Å². The Morgan fingerprint density at radius 3 is 2.46 bits per heavy atom. The van der Waals surface area contributed by atoms with Gasteiger partial charge in [0.05, 0.1) is 19.1 Å². The van der Waals surface area contributed by atoms with E-state index in [1.165, 1.54) is 12.8 Å². The molecular formula is C17H26N2O5. The lowest BCUT2D eigenvalue weighted by Gasteiger charge is -2.33. The van der Waals surface area contributed by atoms with Gasteiger partial charge in [0, 0.05) is 25.6 Å². The first-order valence-electron chi connectivity index (χ1n) is 8.99. The van der Waals surface area contributed by atoms with Crippen LogP contribution >= 0.6 is 0 Å². The minimum Gasteiger partial charge on any atom is -0.479 e. The van der Waals surface area contributed by atoms with Gasteiger partial charge in [0.2, 0.25) is 11.8 Å². The van der Waals surface area contributed by atoms with Crippen LogP contribution in [-0.2, 0) is 19.1 Å². The molecule has 3 rings (SSSR count). The topological polar surface area (TPSA) is 87.2 Å². The number of carboxylic acids is 1. The summed E-state index contributed by atoms with van der Waals surface area (Å²) in [6.45, 7) is 1.19. The highest BCUT2D eigenvalue weighted by Crippen LogP contribution is 2.29. The van der Waals surface area contributed by atoms with E-state index in [-0.39, 0.29) is 43.3 Å². The van der Waals surface area contributed by atoms with Crippen LogP contribution in [0.1, 0.15) is 44.9 Å². The van der Waals surface area contributed by atoms with E-state index in [2.05, 4.69) is 0 Å². The summed E-state index contributed by atoms with van der Waals surface area (Å²) in [5.74, 6) is -1.42. The van der Waals surface area contributed by atoms with E-state index in [1.807, 2.05) is 4.90 Å². The zero-order valence-electron chi connectivity index (χ0n) is 14.0. The van der Waals surface area contributed by atoms with Crippen LogP contribution < -0.4 is 0 Å². The van der Waals surface area contributed by atoms with Crippen molar-refractivity contribution in [3.8, 4) is 0 Å². The van der Waals surface area contributed by atoms with E-state index in [0.717, 1.165) is 25.7 Å². The first-order chi connectivity index (χ1) is 11.6. The highest BCUT2D eigenvalue weighted by molar-refractivity contribution is 5.89. The fourth-order valence-electron chi connectivity index (χ4n) is 4.08. The predicted octanol–water partition coefficient (Wildman–Crippen LogP) is 0.870. The molecule has 7 nitrogen and oxygen atoms in total. The van der Waals surface area contributed by atoms with Crippen molar-refractivity contribution in [3.63, 3.8) is 0 Å². The Labute approximate surface area is 141 Å². The summed E-state index contributed by atoms with van der Waals surface area (Å²) in [6, 6.07) is 0.272. The van der Waals surface area contributed by atoms with Crippen LogP contribution in [0.4, 0.5) is 0 Å². The number of hydrogen-bond donors (Lipinski definition) is 1. The van der Waals surface area contributed by atoms with Crippen molar-refractivity contribution in [2.45, 2.75) is 57.1 Å². The number of likely N-dealkylation sites (tertiary alicyclic amines) is 1. The lowest BCUT2D eigenvalue weighted by molar-refractivity contribution is -0.160. The minimum atomic E-state index is -1.05. The maximum absolute atomic E-state index is 12.7. The molecule has 2 amide bonds. The van der Waals surface area contributed by atoms with Crippen molar-refractivity contribution < 1.29 is 24.2 Å². The first kappa shape index (κ1) is 17.2. The third-order valence-electron chi connectivity index (χ3n) is 5.43. The molecule has 0 aromatic rings. The normalized spacial score (nSPS) is 29.6. The van der Waals surface area contributed by atoms with Crippen LogP contribution in [0, 0.1) is 5.92 Å². The van der Waals surface area contributed by atoms with Gasteiger partial charge in [-0.3, -0.25) is 9.59 Å². The summed E-state index contributed by atoms with van der Waals surface area (Å²) in [5, 5.41) is 9.06. The second kappa shape index (κ2) is 7.51. The molecule has 2 saturated heterocycles. The molecule has 1 saturated carbocycles. The Morgan fingerprint density at radius 2 is 1.79 bits per heavy atom. The number of nitrogens with zero attached hydrogens (tertiary/aromatic N) is 2. The number of carboxylic acid groups (broad SMARTS) is 1. The number of carbonyl (C=O) groups excluding carboxylic acids is 2. The third-order valence-corrected chi connectivity index (χ3v) is 5.43. The molecule has 0 aromatic carbocycles. The average Bonchev–Trinajstić information content (AvgIpc) is 2.80. The van der Waals surface area contributed by atoms with E-state index in [1.54, 1.807) is 4.90 Å². The van der Waals surface area contributed by atoms with Crippen molar-refractivity contribution in [1.82, 2.24) is 9.80 Å². The van der Waals surface area contributed by atoms with Gasteiger partial charge < -0.3 is 19.6 Å². The molecule has 134 valence electrons. The highest BCUT2D eigenvalue weighted by Gasteiger charge is 2.41. The number of aliphatic carboxylic acids is 1. The van der Waals surface area contributed by atoms with Crippen LogP contribution in [0.2, 0.25) is 0 Å². The maximum Gasteiger partial charge on any atom is 0.334 e. The van der Waals surface area contributed by atoms with Crippen molar-refractivity contribution in [2.24, 2.45) is 5.92 Å². The van der Waals surface area contributed by atoms with Crippen molar-refractivity contribution in [3.05, 3.63) is 0 Å². The molecule has 24 heavy (non-hydrogen) atoms. The summed E-state index contributed by atoms with van der Waals surface area (Å²) in [5.41, 5.74) is 0. The summed E-state index contributed by atoms with van der Waals surface area (Å²) in [6.07, 6.45) is 6.11. The number of hydrogen-bond acceptors (Lipinski definition) is 4. The molecule has 7 heteroatoms. The lowest BCUT2D eigenvalue weighted by Crippen LogP contribution is -2.50. The third kappa shape index (κ3) is 3.71. The molecule has 2 atom stereocenters. The lowest BCUT2D eigenvalue weighted by atomic mass is 10.1. The Hall–Kier alpha value is -1.63. The van der Waals surface area contributed by atoms with E-state index in [9.17, 15) is 14.4 Å². The van der Waals surface area contributed by atoms with Crippen LogP contribution in [0.3, 0.4) is 0 Å². The van der Waals surface area contributed by atoms with Gasteiger partial charge in [-0.2, -0.15) is 0 Å². The van der Waals surface area contributed by atoms with Gasteiger partial charge in [-0.1, -0.05) is 25.7 Å². The van der Waals surface area contributed by atoms with Crippen LogP contribution in [0.5, 0.6) is 0 Å². The van der Waals surface area contributed by atoms with E-state index in [4.69, 9.17) is 9.84 Å². The Bertz CT molecular complexity index is 501. The second-order valence-electron chi connectivity index (χ2n) is 7.07. The van der Waals surface area contributed by atoms with E-state index >= 15 is 0 Å². The standard InChI is InChI=1S/C17H26N2O5/c20-15-9-12(10-19(15)13-5-3-1-2-4-6-13)16(21)18-7-8-24-14(11-18)17(22)23/h12-14H,1-11H2,(H,22,23)/t12-,14+/m1/s1. The van der Waals surface area contributed by atoms with E-state index < -0.39 is 12.1 Å². The Morgan fingerprint density at radius 1 is 1.08 bits per heavy atom. The molecular weight excluding hydrogens is 312 g/mol. The summed E-state index contributed by atoms with van der Waals surface area (Å²) >= 11 is 0. The van der Waals surface area contributed by atoms with Crippen molar-refractivity contribution in [1.29, 1.82) is 0 Å². The van der Waals surface area contributed by atoms with Crippen LogP contribution in [0.15, 0.2) is 0 Å². The molecule has 0 radical (unpaired) electrons. The van der Waals surface area contributed by atoms with Crippen LogP contribution in [0.25, 0.3) is 0 Å². The number of carbonyl (C=O) groups is 3. The number of morpholine rings is 1. The molecule has 0 unspecified atom stereocenters. The van der Waals surface area contributed by atoms with Crippen LogP contribution in [-0.4, -0.2) is 71.1 Å². The SMILES string of the molecule is O=C(O)[C@@H]1CN(C(=O)[C@@H]2CC(=O)N(C3CCCCCC3)C2)CCO1. The molecule has 0 bridgehead atoms. The molecule has 0 aromatic heterocycles. The first-order valence-corrected chi connectivity index (χ1v) is 8.99. The molecule has 2 aliphatic heterocycles. The molecule has 1 N–H and O–H groups in total. The zero-order chi connectivity index (χ0) is 17.1. The smallest absolute Gasteiger partial charge is 0.334 e. The van der Waals surface area contributed by atoms with Gasteiger partial charge >= 0.3 is 5.97 Å². The highest BCUT2D eigenvalue weighted by atomic mass is 16.5. The second-order valence-corrected chi connectivity index (χ2v) is 7.07. The molecule has 2 heterocycles. The fourth-order valence-corrected chi connectivity index (χ4v) is 4.08. The molecule has 3 aliphatic rings. The van der Waals surface area contributed by atoms with Crippen molar-refractivity contribution >= 4 is 17.8 Å². The van der Waals surface area contributed by atoms with Gasteiger partial charge in [-0.05, 0) is 12.8 Å². The van der Waals surface area contributed by atoms with Gasteiger partial charge in [-0.15, -0.1) is 0 Å². The minimum absolute atomic E-state index is 0.0717. The summed E-state index contributed by atoms with van der Waals surface area (Å²) in [7, 11) is 0. The Balaban J connectivity index is 1.60. The maximum atomic E-state index is 12.7. The molecule has 3 fully saturated rings. The number of amides is 2. The predicted molar refractivity (Wildman–Crippen MR) is 85.3 cm³/mol. The summed E-state index contributed by atoms with van der Waals surface area (Å²) in [4.78, 5) is 39.6. The number of ether oxygens (including phenoxy) is 1. The van der Waals surface area contributed by atoms with Gasteiger partial charge in [0.15, 0.2) is 6.10 Å². The Kier molecular flexibility index (Phi) is 5.38. The number of rotatable bonds is 3. The van der Waals surface area contributed by atoms with Gasteiger partial charge in [0.25, 0.3) is 0 Å². The molecule has 0 spiro atoms. The monoisotopic (exact) mass is 338 g/mol.